The van der Waals surface area contributed by atoms with Crippen LogP contribution < -0.4 is 0 Å². The molecule has 0 N–H and O–H groups in total. The first-order chi connectivity index (χ1) is 15.1. The molecule has 0 spiro atoms. The number of aromatic nitrogens is 2. The normalized spacial score (nSPS) is 18.9. The fourth-order valence-electron chi connectivity index (χ4n) is 4.30. The number of nitrogens with zero attached hydrogens (tertiary/aromatic N) is 5. The lowest BCUT2D eigenvalue weighted by atomic mass is 10.1. The largest absolute Gasteiger partial charge is 0.341 e. The lowest BCUT2D eigenvalue weighted by Gasteiger charge is -2.39. The summed E-state index contributed by atoms with van der Waals surface area (Å²) in [6.07, 6.45) is 5.21. The van der Waals surface area contributed by atoms with E-state index in [-0.39, 0.29) is 17.9 Å². The SMILES string of the molecule is CC(C(=O)N1CCCCC1)N1CCN(C(=O)CCCc2nc(-c3cccs3)no2)CC1. The Morgan fingerprint density at radius 3 is 2.58 bits per heavy atom. The molecule has 2 amide bonds. The zero-order chi connectivity index (χ0) is 21.6. The maximum atomic E-state index is 12.8. The van der Waals surface area contributed by atoms with E-state index in [4.69, 9.17) is 4.52 Å². The minimum Gasteiger partial charge on any atom is -0.341 e. The Labute approximate surface area is 187 Å². The Balaban J connectivity index is 1.17. The molecule has 2 fully saturated rings. The Morgan fingerprint density at radius 1 is 1.10 bits per heavy atom. The van der Waals surface area contributed by atoms with E-state index in [0.29, 0.717) is 44.1 Å². The Bertz CT molecular complexity index is 854. The molecule has 2 aromatic rings. The van der Waals surface area contributed by atoms with Gasteiger partial charge in [-0.05, 0) is 44.1 Å². The van der Waals surface area contributed by atoms with Crippen LogP contribution in [0.2, 0.25) is 0 Å². The van der Waals surface area contributed by atoms with Crippen LogP contribution in [0.1, 0.15) is 44.9 Å². The van der Waals surface area contributed by atoms with E-state index < -0.39 is 0 Å². The number of aryl methyl sites for hydroxylation is 1. The standard InChI is InChI=1S/C22H31N5O3S/c1-17(22(29)27-10-3-2-4-11-27)25-12-14-26(15-13-25)20(28)9-5-8-19-23-21(24-30-19)18-7-6-16-31-18/h6-7,16-17H,2-5,8-15H2,1H3. The van der Waals surface area contributed by atoms with Crippen LogP contribution in [0.4, 0.5) is 0 Å². The molecule has 2 aromatic heterocycles. The van der Waals surface area contributed by atoms with Gasteiger partial charge >= 0.3 is 0 Å². The molecule has 8 nitrogen and oxygen atoms in total. The van der Waals surface area contributed by atoms with Crippen molar-refractivity contribution in [3.63, 3.8) is 0 Å². The minimum absolute atomic E-state index is 0.106. The number of hydrogen-bond donors (Lipinski definition) is 0. The Morgan fingerprint density at radius 2 is 1.87 bits per heavy atom. The van der Waals surface area contributed by atoms with Gasteiger partial charge in [0.2, 0.25) is 23.5 Å². The average Bonchev–Trinajstić information content (AvgIpc) is 3.51. The number of hydrogen-bond acceptors (Lipinski definition) is 7. The van der Waals surface area contributed by atoms with E-state index in [1.165, 1.54) is 6.42 Å². The third kappa shape index (κ3) is 5.51. The number of carbonyl (C=O) groups is 2. The Kier molecular flexibility index (Phi) is 7.34. The van der Waals surface area contributed by atoms with Crippen LogP contribution in [-0.2, 0) is 16.0 Å². The van der Waals surface area contributed by atoms with Crippen LogP contribution in [-0.4, -0.2) is 82.0 Å². The van der Waals surface area contributed by atoms with Crippen molar-refractivity contribution in [1.82, 2.24) is 24.8 Å². The Hall–Kier alpha value is -2.26. The monoisotopic (exact) mass is 445 g/mol. The zero-order valence-corrected chi connectivity index (χ0v) is 19.0. The van der Waals surface area contributed by atoms with Gasteiger partial charge in [-0.1, -0.05) is 11.2 Å². The first-order valence-electron chi connectivity index (χ1n) is 11.3. The number of piperidine rings is 1. The lowest BCUT2D eigenvalue weighted by molar-refractivity contribution is -0.139. The molecule has 1 atom stereocenters. The number of likely N-dealkylation sites (tertiary alicyclic amines) is 1. The van der Waals surface area contributed by atoms with E-state index >= 15 is 0 Å². The predicted octanol–water partition coefficient (Wildman–Crippen LogP) is 2.67. The number of thiophene rings is 1. The van der Waals surface area contributed by atoms with Gasteiger partial charge in [0.1, 0.15) is 0 Å². The van der Waals surface area contributed by atoms with Crippen molar-refractivity contribution in [3.8, 4) is 10.7 Å². The van der Waals surface area contributed by atoms with E-state index in [2.05, 4.69) is 15.0 Å². The van der Waals surface area contributed by atoms with Gasteiger partial charge in [0, 0.05) is 52.1 Å². The van der Waals surface area contributed by atoms with Crippen molar-refractivity contribution in [2.75, 3.05) is 39.3 Å². The van der Waals surface area contributed by atoms with Gasteiger partial charge in [0.15, 0.2) is 0 Å². The number of carbonyl (C=O) groups excluding carboxylic acids is 2. The molecule has 0 aliphatic carbocycles. The van der Waals surface area contributed by atoms with E-state index in [1.54, 1.807) is 11.3 Å². The van der Waals surface area contributed by atoms with E-state index in [9.17, 15) is 9.59 Å². The lowest BCUT2D eigenvalue weighted by Crippen LogP contribution is -2.56. The number of rotatable bonds is 7. The smallest absolute Gasteiger partial charge is 0.239 e. The maximum Gasteiger partial charge on any atom is 0.239 e. The fourth-order valence-corrected chi connectivity index (χ4v) is 4.95. The molecule has 2 aliphatic heterocycles. The molecular weight excluding hydrogens is 414 g/mol. The molecule has 1 unspecified atom stereocenters. The van der Waals surface area contributed by atoms with Gasteiger partial charge in [-0.15, -0.1) is 11.3 Å². The summed E-state index contributed by atoms with van der Waals surface area (Å²) in [5.74, 6) is 1.58. The second-order valence-corrected chi connectivity index (χ2v) is 9.27. The molecule has 4 heterocycles. The highest BCUT2D eigenvalue weighted by atomic mass is 32.1. The number of amides is 2. The summed E-state index contributed by atoms with van der Waals surface area (Å²) in [4.78, 5) is 36.9. The third-order valence-electron chi connectivity index (χ3n) is 6.23. The summed E-state index contributed by atoms with van der Waals surface area (Å²) in [7, 11) is 0. The quantitative estimate of drug-likeness (QED) is 0.652. The molecule has 0 aromatic carbocycles. The second-order valence-electron chi connectivity index (χ2n) is 8.32. The highest BCUT2D eigenvalue weighted by Gasteiger charge is 2.30. The van der Waals surface area contributed by atoms with Crippen molar-refractivity contribution >= 4 is 23.2 Å². The molecule has 4 rings (SSSR count). The zero-order valence-electron chi connectivity index (χ0n) is 18.2. The fraction of sp³-hybridized carbons (Fsp3) is 0.636. The van der Waals surface area contributed by atoms with Crippen LogP contribution in [0.3, 0.4) is 0 Å². The summed E-state index contributed by atoms with van der Waals surface area (Å²) < 4.78 is 5.31. The third-order valence-corrected chi connectivity index (χ3v) is 7.10. The van der Waals surface area contributed by atoms with Crippen LogP contribution in [0.15, 0.2) is 22.0 Å². The minimum atomic E-state index is -0.106. The van der Waals surface area contributed by atoms with Gasteiger partial charge in [0.25, 0.3) is 0 Å². The summed E-state index contributed by atoms with van der Waals surface area (Å²) in [5, 5.41) is 5.99. The van der Waals surface area contributed by atoms with Crippen LogP contribution >= 0.6 is 11.3 Å². The predicted molar refractivity (Wildman–Crippen MR) is 119 cm³/mol. The highest BCUT2D eigenvalue weighted by molar-refractivity contribution is 7.13. The molecule has 0 bridgehead atoms. The van der Waals surface area contributed by atoms with Gasteiger partial charge in [-0.25, -0.2) is 0 Å². The van der Waals surface area contributed by atoms with Crippen molar-refractivity contribution < 1.29 is 14.1 Å². The van der Waals surface area contributed by atoms with Crippen LogP contribution in [0.25, 0.3) is 10.7 Å². The van der Waals surface area contributed by atoms with E-state index in [1.807, 2.05) is 34.2 Å². The van der Waals surface area contributed by atoms with Gasteiger partial charge < -0.3 is 14.3 Å². The summed E-state index contributed by atoms with van der Waals surface area (Å²) in [5.41, 5.74) is 0. The topological polar surface area (TPSA) is 82.8 Å². The van der Waals surface area contributed by atoms with Crippen LogP contribution in [0, 0.1) is 0 Å². The summed E-state index contributed by atoms with van der Waals surface area (Å²) in [6.45, 7) is 6.63. The molecular formula is C22H31N5O3S. The van der Waals surface area contributed by atoms with Gasteiger partial charge in [-0.2, -0.15) is 4.98 Å². The molecule has 9 heteroatoms. The molecule has 0 radical (unpaired) electrons. The average molecular weight is 446 g/mol. The molecule has 0 saturated carbocycles. The van der Waals surface area contributed by atoms with Gasteiger partial charge in [0.05, 0.1) is 10.9 Å². The summed E-state index contributed by atoms with van der Waals surface area (Å²) >= 11 is 1.58. The van der Waals surface area contributed by atoms with Gasteiger partial charge in [-0.3, -0.25) is 14.5 Å². The molecule has 2 aliphatic rings. The molecule has 31 heavy (non-hydrogen) atoms. The summed E-state index contributed by atoms with van der Waals surface area (Å²) in [6, 6.07) is 3.81. The number of piperazine rings is 1. The second kappa shape index (κ2) is 10.4. The van der Waals surface area contributed by atoms with E-state index in [0.717, 1.165) is 43.9 Å². The highest BCUT2D eigenvalue weighted by Crippen LogP contribution is 2.22. The van der Waals surface area contributed by atoms with Crippen molar-refractivity contribution in [2.24, 2.45) is 0 Å². The maximum absolute atomic E-state index is 12.8. The van der Waals surface area contributed by atoms with Crippen molar-refractivity contribution in [1.29, 1.82) is 0 Å². The first-order valence-corrected chi connectivity index (χ1v) is 12.2. The van der Waals surface area contributed by atoms with Crippen molar-refractivity contribution in [2.45, 2.75) is 51.5 Å². The van der Waals surface area contributed by atoms with Crippen molar-refractivity contribution in [3.05, 3.63) is 23.4 Å². The molecule has 168 valence electrons. The van der Waals surface area contributed by atoms with Crippen LogP contribution in [0.5, 0.6) is 0 Å². The first kappa shape index (κ1) is 22.0. The molecule has 2 saturated heterocycles.